The van der Waals surface area contributed by atoms with Gasteiger partial charge in [0, 0.05) is 11.8 Å². The van der Waals surface area contributed by atoms with E-state index in [1.807, 2.05) is 19.1 Å². The zero-order valence-electron chi connectivity index (χ0n) is 11.9. The molecule has 19 heavy (non-hydrogen) atoms. The first-order chi connectivity index (χ1) is 9.11. The Morgan fingerprint density at radius 3 is 2.37 bits per heavy atom. The lowest BCUT2D eigenvalue weighted by Crippen LogP contribution is -2.18. The zero-order chi connectivity index (χ0) is 13.8. The summed E-state index contributed by atoms with van der Waals surface area (Å²) in [5, 5.41) is 11.8. The van der Waals surface area contributed by atoms with Gasteiger partial charge in [0.1, 0.15) is 5.75 Å². The van der Waals surface area contributed by atoms with Crippen molar-refractivity contribution in [2.45, 2.75) is 45.8 Å². The number of aliphatic hydroxyl groups is 1. The molecule has 0 aromatic heterocycles. The first-order valence-corrected chi connectivity index (χ1v) is 6.97. The van der Waals surface area contributed by atoms with Gasteiger partial charge in [-0.05, 0) is 37.3 Å². The molecule has 0 saturated carbocycles. The van der Waals surface area contributed by atoms with Crippen molar-refractivity contribution in [3.05, 3.63) is 42.0 Å². The summed E-state index contributed by atoms with van der Waals surface area (Å²) in [7, 11) is 0. The van der Waals surface area contributed by atoms with Gasteiger partial charge >= 0.3 is 0 Å². The van der Waals surface area contributed by atoms with E-state index in [0.29, 0.717) is 6.42 Å². The summed E-state index contributed by atoms with van der Waals surface area (Å²) < 4.78 is 5.98. The molecule has 1 N–H and O–H groups in total. The predicted molar refractivity (Wildman–Crippen MR) is 79.7 cm³/mol. The van der Waals surface area contributed by atoms with Crippen LogP contribution in [0.25, 0.3) is 10.8 Å². The molecule has 0 radical (unpaired) electrons. The van der Waals surface area contributed by atoms with E-state index in [4.69, 9.17) is 4.74 Å². The molecule has 2 heteroatoms. The van der Waals surface area contributed by atoms with E-state index < -0.39 is 0 Å². The van der Waals surface area contributed by atoms with Crippen LogP contribution in [0.15, 0.2) is 36.4 Å². The van der Waals surface area contributed by atoms with Crippen molar-refractivity contribution < 1.29 is 9.84 Å². The number of ether oxygens (including phenoxy) is 1. The molecule has 0 unspecified atom stereocenters. The SMILES string of the molecule is CCc1ccc(O[C@@H](C)C[C@@H](C)O)c2ccccc12. The van der Waals surface area contributed by atoms with Crippen molar-refractivity contribution in [2.24, 2.45) is 0 Å². The van der Waals surface area contributed by atoms with E-state index in [1.165, 1.54) is 10.9 Å². The Kier molecular flexibility index (Phi) is 4.43. The summed E-state index contributed by atoms with van der Waals surface area (Å²) in [6.45, 7) is 5.95. The van der Waals surface area contributed by atoms with Gasteiger partial charge in [-0.25, -0.2) is 0 Å². The van der Waals surface area contributed by atoms with Crippen LogP contribution in [0.4, 0.5) is 0 Å². The lowest BCUT2D eigenvalue weighted by Gasteiger charge is -2.18. The van der Waals surface area contributed by atoms with E-state index in [0.717, 1.165) is 17.6 Å². The summed E-state index contributed by atoms with van der Waals surface area (Å²) in [6.07, 6.45) is 1.33. The molecule has 102 valence electrons. The van der Waals surface area contributed by atoms with Gasteiger partial charge in [-0.1, -0.05) is 37.3 Å². The van der Waals surface area contributed by atoms with Crippen molar-refractivity contribution in [3.8, 4) is 5.75 Å². The molecular weight excluding hydrogens is 236 g/mol. The first-order valence-electron chi connectivity index (χ1n) is 6.97. The molecule has 2 atom stereocenters. The Morgan fingerprint density at radius 2 is 1.74 bits per heavy atom. The van der Waals surface area contributed by atoms with Crippen LogP contribution in [0, 0.1) is 0 Å². The van der Waals surface area contributed by atoms with Crippen LogP contribution in [0.5, 0.6) is 5.75 Å². The molecule has 2 aromatic carbocycles. The van der Waals surface area contributed by atoms with Gasteiger partial charge in [-0.3, -0.25) is 0 Å². The monoisotopic (exact) mass is 258 g/mol. The van der Waals surface area contributed by atoms with Crippen molar-refractivity contribution >= 4 is 10.8 Å². The first kappa shape index (κ1) is 13.9. The molecule has 0 saturated heterocycles. The van der Waals surface area contributed by atoms with E-state index in [-0.39, 0.29) is 12.2 Å². The molecule has 0 spiro atoms. The second kappa shape index (κ2) is 6.07. The van der Waals surface area contributed by atoms with Gasteiger partial charge in [0.15, 0.2) is 0 Å². The van der Waals surface area contributed by atoms with Crippen molar-refractivity contribution in [3.63, 3.8) is 0 Å². The lowest BCUT2D eigenvalue weighted by atomic mass is 10.0. The Labute approximate surface area is 115 Å². The summed E-state index contributed by atoms with van der Waals surface area (Å²) in [4.78, 5) is 0. The Morgan fingerprint density at radius 1 is 1.05 bits per heavy atom. The maximum atomic E-state index is 9.42. The maximum absolute atomic E-state index is 9.42. The molecule has 0 amide bonds. The highest BCUT2D eigenvalue weighted by molar-refractivity contribution is 5.91. The van der Waals surface area contributed by atoms with Crippen LogP contribution in [0.3, 0.4) is 0 Å². The van der Waals surface area contributed by atoms with Gasteiger partial charge in [0.05, 0.1) is 12.2 Å². The number of hydrogen-bond donors (Lipinski definition) is 1. The molecule has 2 nitrogen and oxygen atoms in total. The highest BCUT2D eigenvalue weighted by atomic mass is 16.5. The van der Waals surface area contributed by atoms with Gasteiger partial charge in [0.2, 0.25) is 0 Å². The van der Waals surface area contributed by atoms with Crippen molar-refractivity contribution in [1.29, 1.82) is 0 Å². The Balaban J connectivity index is 2.34. The molecule has 0 aliphatic heterocycles. The third-order valence-corrected chi connectivity index (χ3v) is 3.36. The van der Waals surface area contributed by atoms with E-state index in [1.54, 1.807) is 6.92 Å². The highest BCUT2D eigenvalue weighted by Crippen LogP contribution is 2.29. The largest absolute Gasteiger partial charge is 0.490 e. The van der Waals surface area contributed by atoms with Crippen LogP contribution in [-0.2, 0) is 6.42 Å². The summed E-state index contributed by atoms with van der Waals surface area (Å²) in [5.41, 5.74) is 1.34. The topological polar surface area (TPSA) is 29.5 Å². The number of benzene rings is 2. The fraction of sp³-hybridized carbons (Fsp3) is 0.412. The van der Waals surface area contributed by atoms with E-state index in [9.17, 15) is 5.11 Å². The number of rotatable bonds is 5. The highest BCUT2D eigenvalue weighted by Gasteiger charge is 2.11. The van der Waals surface area contributed by atoms with Crippen LogP contribution < -0.4 is 4.74 Å². The molecule has 2 rings (SSSR count). The van der Waals surface area contributed by atoms with Gasteiger partial charge in [-0.2, -0.15) is 0 Å². The summed E-state index contributed by atoms with van der Waals surface area (Å²) in [5.74, 6) is 0.904. The molecular formula is C17H22O2. The molecule has 0 fully saturated rings. The Hall–Kier alpha value is -1.54. The molecule has 2 aromatic rings. The van der Waals surface area contributed by atoms with Crippen molar-refractivity contribution in [2.75, 3.05) is 0 Å². The molecule has 0 aliphatic carbocycles. The smallest absolute Gasteiger partial charge is 0.127 e. The fourth-order valence-corrected chi connectivity index (χ4v) is 2.49. The van der Waals surface area contributed by atoms with E-state index in [2.05, 4.69) is 31.2 Å². The third-order valence-electron chi connectivity index (χ3n) is 3.36. The molecule has 0 heterocycles. The number of aliphatic hydroxyl groups excluding tert-OH is 1. The summed E-state index contributed by atoms with van der Waals surface area (Å²) >= 11 is 0. The number of hydrogen-bond acceptors (Lipinski definition) is 2. The van der Waals surface area contributed by atoms with Gasteiger partial charge in [-0.15, -0.1) is 0 Å². The normalized spacial score (nSPS) is 14.3. The fourth-order valence-electron chi connectivity index (χ4n) is 2.49. The Bertz CT molecular complexity index is 546. The van der Waals surface area contributed by atoms with Crippen molar-refractivity contribution in [1.82, 2.24) is 0 Å². The molecule has 0 bridgehead atoms. The van der Waals surface area contributed by atoms with Crippen LogP contribution in [-0.4, -0.2) is 17.3 Å². The zero-order valence-corrected chi connectivity index (χ0v) is 11.9. The summed E-state index contributed by atoms with van der Waals surface area (Å²) in [6, 6.07) is 12.5. The average Bonchev–Trinajstić information content (AvgIpc) is 2.38. The standard InChI is InChI=1S/C17H22O2/c1-4-14-9-10-17(19-13(3)11-12(2)18)16-8-6-5-7-15(14)16/h5-10,12-13,18H,4,11H2,1-3H3/t12-,13+/m1/s1. The minimum atomic E-state index is -0.337. The average molecular weight is 258 g/mol. The number of aryl methyl sites for hydroxylation is 1. The van der Waals surface area contributed by atoms with Crippen LogP contribution in [0.2, 0.25) is 0 Å². The quantitative estimate of drug-likeness (QED) is 0.880. The minimum Gasteiger partial charge on any atom is -0.490 e. The van der Waals surface area contributed by atoms with Crippen LogP contribution in [0.1, 0.15) is 32.8 Å². The molecule has 0 aliphatic rings. The van der Waals surface area contributed by atoms with Crippen LogP contribution >= 0.6 is 0 Å². The lowest BCUT2D eigenvalue weighted by molar-refractivity contribution is 0.116. The predicted octanol–water partition coefficient (Wildman–Crippen LogP) is 3.94. The second-order valence-electron chi connectivity index (χ2n) is 5.14. The maximum Gasteiger partial charge on any atom is 0.127 e. The van der Waals surface area contributed by atoms with E-state index >= 15 is 0 Å². The second-order valence-corrected chi connectivity index (χ2v) is 5.14. The van der Waals surface area contributed by atoms with Gasteiger partial charge < -0.3 is 9.84 Å². The van der Waals surface area contributed by atoms with Gasteiger partial charge in [0.25, 0.3) is 0 Å². The third kappa shape index (κ3) is 3.27. The number of fused-ring (bicyclic) bond motifs is 1. The minimum absolute atomic E-state index is 0.0101.